The van der Waals surface area contributed by atoms with E-state index in [1.807, 2.05) is 74.3 Å². The number of aliphatic imine (C=N–C) groups is 1. The monoisotopic (exact) mass is 1040 g/mol. The molecule has 1 fully saturated rings. The summed E-state index contributed by atoms with van der Waals surface area (Å²) in [6, 6.07) is 17.7. The number of piperidine rings is 1. The number of hydrogen-bond donors (Lipinski definition) is 3. The summed E-state index contributed by atoms with van der Waals surface area (Å²) < 4.78 is 27.6. The summed E-state index contributed by atoms with van der Waals surface area (Å²) in [5, 5.41) is 30.1. The molecule has 1 saturated heterocycles. The van der Waals surface area contributed by atoms with E-state index < -0.39 is 5.97 Å². The van der Waals surface area contributed by atoms with Crippen molar-refractivity contribution in [3.05, 3.63) is 123 Å². The van der Waals surface area contributed by atoms with Crippen LogP contribution in [-0.2, 0) is 35.0 Å². The highest BCUT2D eigenvalue weighted by atomic mass is 35.5. The largest absolute Gasteiger partial charge is 0.481 e. The number of fused-ring (bicyclic) bond motifs is 4. The van der Waals surface area contributed by atoms with Gasteiger partial charge in [-0.2, -0.15) is 5.10 Å². The van der Waals surface area contributed by atoms with E-state index in [9.17, 15) is 14.7 Å². The van der Waals surface area contributed by atoms with Crippen LogP contribution >= 0.6 is 33.6 Å². The normalized spacial score (nSPS) is 15.0. The highest BCUT2D eigenvalue weighted by Crippen LogP contribution is 2.42. The molecule has 72 heavy (non-hydrogen) atoms. The number of carbonyl (C=O) groups is 2. The number of benzene rings is 2. The maximum absolute atomic E-state index is 11.3. The Morgan fingerprint density at radius 1 is 0.958 bits per heavy atom. The standard InChI is InChI=1S/C23H28N4O3S.C19H17ClN4OS.C11H23NO3/c1-24-18-4-5-20(22(14-18)31(3)26-9-7-19(30-2)8-10-26)16-6-11-27-21(12-16)17(15-25-27)13-23(28)29;1-10-11(2)26-19-16(10)17(13-4-6-14(20)7-5-13)21-15(8-9-25)18-23-22-12(3)24(18)19;1-3-4-6-13-8-10-15-11-9-14-7-5-12-2/h4-6,11-12,14-15,19,24H,3,7-10,13H2,1-2H3,(H,28,29);4-7,9,15H,8H2,1-3H3;3,12H,1,4-11H2,2H3/t;15-;/m.0./s1. The summed E-state index contributed by atoms with van der Waals surface area (Å²) in [5.74, 6) is 5.19. The number of anilines is 1. The van der Waals surface area contributed by atoms with Crippen molar-refractivity contribution >= 4 is 68.6 Å². The van der Waals surface area contributed by atoms with Crippen molar-refractivity contribution in [1.29, 1.82) is 0 Å². The van der Waals surface area contributed by atoms with Crippen molar-refractivity contribution in [3.63, 3.8) is 0 Å². The lowest BCUT2D eigenvalue weighted by atomic mass is 10.00. The van der Waals surface area contributed by atoms with Gasteiger partial charge in [0.05, 0.1) is 69.6 Å². The van der Waals surface area contributed by atoms with Gasteiger partial charge < -0.3 is 39.5 Å². The number of likely N-dealkylation sites (N-methyl/N-ethyl adjacent to an activating group) is 1. The number of carbonyl (C=O) groups excluding carboxylic acids is 1. The molecule has 2 aliphatic rings. The Bertz CT molecular complexity index is 2780. The van der Waals surface area contributed by atoms with Crippen LogP contribution in [0.1, 0.15) is 70.5 Å². The number of aromatic nitrogens is 5. The molecule has 0 aliphatic carbocycles. The van der Waals surface area contributed by atoms with Gasteiger partial charge in [-0.05, 0) is 100 Å². The number of carboxylic acid groups (broad SMARTS) is 1. The number of ether oxygens (including phenoxy) is 4. The molecule has 8 rings (SSSR count). The molecule has 19 heteroatoms. The van der Waals surface area contributed by atoms with Gasteiger partial charge in [0.2, 0.25) is 0 Å². The van der Waals surface area contributed by atoms with Crippen LogP contribution in [0.3, 0.4) is 0 Å². The predicted molar refractivity (Wildman–Crippen MR) is 291 cm³/mol. The molecule has 0 radical (unpaired) electrons. The topological polar surface area (TPSA) is 179 Å². The third-order valence-electron chi connectivity index (χ3n) is 12.2. The Labute approximate surface area is 434 Å². The summed E-state index contributed by atoms with van der Waals surface area (Å²) in [6.07, 6.45) is 9.71. The van der Waals surface area contributed by atoms with Gasteiger partial charge in [0, 0.05) is 83.6 Å². The summed E-state index contributed by atoms with van der Waals surface area (Å²) in [7, 11) is 5.27. The van der Waals surface area contributed by atoms with E-state index in [1.165, 1.54) is 15.3 Å². The number of aldehydes is 1. The number of aryl methyl sites for hydroxylation is 2. The van der Waals surface area contributed by atoms with E-state index in [1.54, 1.807) is 29.2 Å². The maximum Gasteiger partial charge on any atom is 0.307 e. The number of thiophene rings is 1. The van der Waals surface area contributed by atoms with Crippen LogP contribution in [0.25, 0.3) is 21.6 Å². The zero-order valence-electron chi connectivity index (χ0n) is 42.2. The first-order chi connectivity index (χ1) is 34.9. The van der Waals surface area contributed by atoms with Crippen molar-refractivity contribution < 1.29 is 33.6 Å². The van der Waals surface area contributed by atoms with Gasteiger partial charge >= 0.3 is 5.97 Å². The van der Waals surface area contributed by atoms with Gasteiger partial charge in [-0.1, -0.05) is 52.4 Å². The Kier molecular flexibility index (Phi) is 21.9. The number of nitrogens with zero attached hydrogens (tertiary/aromatic N) is 7. The first-order valence-corrected chi connectivity index (χ1v) is 26.6. The number of aliphatic carboxylic acids is 1. The lowest BCUT2D eigenvalue weighted by Crippen LogP contribution is -2.33. The van der Waals surface area contributed by atoms with Crippen molar-refractivity contribution in [2.75, 3.05) is 85.8 Å². The number of carboxylic acids is 1. The van der Waals surface area contributed by atoms with Crippen LogP contribution in [0.5, 0.6) is 0 Å². The predicted octanol–water partition coefficient (Wildman–Crippen LogP) is 8.98. The number of rotatable bonds is 22. The number of methoxy groups -OCH3 is 1. The minimum Gasteiger partial charge on any atom is -0.481 e. The molecule has 6 heterocycles. The van der Waals surface area contributed by atoms with E-state index in [0.717, 1.165) is 108 Å². The molecule has 2 atom stereocenters. The van der Waals surface area contributed by atoms with Gasteiger partial charge in [-0.25, -0.2) is 4.52 Å². The van der Waals surface area contributed by atoms with Crippen molar-refractivity contribution in [2.45, 2.75) is 69.9 Å². The summed E-state index contributed by atoms with van der Waals surface area (Å²) in [6.45, 7) is 16.6. The Morgan fingerprint density at radius 2 is 1.67 bits per heavy atom. The van der Waals surface area contributed by atoms with Gasteiger partial charge in [0.15, 0.2) is 5.82 Å². The molecule has 0 amide bonds. The summed E-state index contributed by atoms with van der Waals surface area (Å²) >= 11 is 7.77. The number of nitrogens with one attached hydrogen (secondary N) is 2. The van der Waals surface area contributed by atoms with E-state index in [-0.39, 0.29) is 29.6 Å². The fourth-order valence-corrected chi connectivity index (χ4v) is 11.1. The number of halogens is 1. The second-order valence-corrected chi connectivity index (χ2v) is 20.3. The summed E-state index contributed by atoms with van der Waals surface area (Å²) in [5.41, 5.74) is 8.81. The molecule has 2 aliphatic heterocycles. The average Bonchev–Trinajstić information content (AvgIpc) is 4.04. The minimum absolute atomic E-state index is 0.0490. The fourth-order valence-electron chi connectivity index (χ4n) is 8.16. The van der Waals surface area contributed by atoms with Crippen LogP contribution < -0.4 is 10.6 Å². The molecule has 6 aromatic rings. The summed E-state index contributed by atoms with van der Waals surface area (Å²) in [4.78, 5) is 29.9. The molecular formula is C53H68ClN9O7S2. The molecule has 0 bridgehead atoms. The van der Waals surface area contributed by atoms with Crippen molar-refractivity contribution in [2.24, 2.45) is 4.99 Å². The fraction of sp³-hybridized carbons (Fsp3) is 0.415. The molecule has 0 spiro atoms. The van der Waals surface area contributed by atoms with E-state index in [0.29, 0.717) is 48.9 Å². The van der Waals surface area contributed by atoms with E-state index in [2.05, 4.69) is 74.7 Å². The zero-order valence-corrected chi connectivity index (χ0v) is 44.6. The first-order valence-electron chi connectivity index (χ1n) is 24.0. The second-order valence-electron chi connectivity index (χ2n) is 17.0. The van der Waals surface area contributed by atoms with Gasteiger partial charge in [0.25, 0.3) is 0 Å². The number of pyridine rings is 1. The smallest absolute Gasteiger partial charge is 0.307 e. The third kappa shape index (κ3) is 14.6. The molecule has 2 aromatic carbocycles. The second kappa shape index (κ2) is 28.2. The van der Waals surface area contributed by atoms with Gasteiger partial charge in [0.1, 0.15) is 23.2 Å². The molecule has 386 valence electrons. The van der Waals surface area contributed by atoms with E-state index >= 15 is 0 Å². The van der Waals surface area contributed by atoms with Crippen LogP contribution in [0.15, 0.2) is 89.5 Å². The lowest BCUT2D eigenvalue weighted by molar-refractivity contribution is -0.136. The highest BCUT2D eigenvalue weighted by Gasteiger charge is 2.31. The Hall–Kier alpha value is -5.41. The molecule has 1 unspecified atom stereocenters. The number of hydrogen-bond acceptors (Lipinski definition) is 14. The zero-order chi connectivity index (χ0) is 51.6. The first kappa shape index (κ1) is 55.9. The van der Waals surface area contributed by atoms with Crippen LogP contribution in [-0.4, -0.2) is 144 Å². The van der Waals surface area contributed by atoms with Crippen LogP contribution in [0, 0.1) is 20.8 Å². The molecule has 4 aromatic heterocycles. The van der Waals surface area contributed by atoms with E-state index in [4.69, 9.17) is 35.5 Å². The molecule has 3 N–H and O–H groups in total. The van der Waals surface area contributed by atoms with Gasteiger partial charge in [-0.15, -0.1) is 28.1 Å². The quantitative estimate of drug-likeness (QED) is 0.0254. The third-order valence-corrected chi connectivity index (χ3v) is 15.5. The average molecular weight is 1040 g/mol. The van der Waals surface area contributed by atoms with Crippen molar-refractivity contribution in [1.82, 2.24) is 34.0 Å². The van der Waals surface area contributed by atoms with Gasteiger partial charge in [-0.3, -0.25) is 18.7 Å². The SMILES string of the molecule is C=CCCOCCOCCOCCNC.C=S(c1cc(NC)ccc1-c1ccn2ncc(CC(=O)O)c2c1)N1CCC(OC)CC1.Cc1sc2c(c1C)C(c1ccc(Cl)cc1)=N[C@@H](CC=O)c1nnc(C)n1-2. The molecule has 16 nitrogen and oxygen atoms in total. The van der Waals surface area contributed by atoms with Crippen molar-refractivity contribution in [3.8, 4) is 16.1 Å². The highest BCUT2D eigenvalue weighted by molar-refractivity contribution is 8.12. The lowest BCUT2D eigenvalue weighted by Gasteiger charge is -2.33. The maximum atomic E-state index is 11.3. The molecule has 0 saturated carbocycles. The van der Waals surface area contributed by atoms with Crippen LogP contribution in [0.4, 0.5) is 5.69 Å². The molecular weight excluding hydrogens is 974 g/mol. The van der Waals surface area contributed by atoms with Crippen LogP contribution in [0.2, 0.25) is 5.02 Å². The Morgan fingerprint density at radius 3 is 2.32 bits per heavy atom. The minimum atomic E-state index is -0.863. The Balaban J connectivity index is 0.000000188.